The summed E-state index contributed by atoms with van der Waals surface area (Å²) in [5, 5.41) is 7.00. The number of nitrogens with zero attached hydrogens (tertiary/aromatic N) is 3. The summed E-state index contributed by atoms with van der Waals surface area (Å²) >= 11 is 0. The van der Waals surface area contributed by atoms with Crippen molar-refractivity contribution >= 4 is 0 Å². The van der Waals surface area contributed by atoms with Crippen molar-refractivity contribution in [3.8, 4) is 0 Å². The molecule has 1 aromatic rings. The van der Waals surface area contributed by atoms with Gasteiger partial charge in [0, 0.05) is 6.54 Å². The maximum Gasteiger partial charge on any atom is 0.255 e. The van der Waals surface area contributed by atoms with Crippen LogP contribution in [-0.4, -0.2) is 15.0 Å². The van der Waals surface area contributed by atoms with E-state index in [1.165, 1.54) is 0 Å². The summed E-state index contributed by atoms with van der Waals surface area (Å²) in [6.45, 7) is 4.62. The number of hydrogen-bond donors (Lipinski definition) is 0. The molecule has 0 aliphatic carbocycles. The molecule has 0 amide bonds. The highest BCUT2D eigenvalue weighted by atomic mass is 19.1. The largest absolute Gasteiger partial charge is 0.255 e. The Morgan fingerprint density at radius 1 is 1.45 bits per heavy atom. The van der Waals surface area contributed by atoms with Gasteiger partial charge in [0.2, 0.25) is 0 Å². The fourth-order valence-corrected chi connectivity index (χ4v) is 1.03. The molecule has 62 valence electrons. The minimum atomic E-state index is -0.422. The average Bonchev–Trinajstić information content (AvgIpc) is 2.34. The number of aryl methyl sites for hydroxylation is 1. The first kappa shape index (κ1) is 8.17. The van der Waals surface area contributed by atoms with E-state index in [9.17, 15) is 4.39 Å². The third-order valence-corrected chi connectivity index (χ3v) is 1.58. The van der Waals surface area contributed by atoms with Gasteiger partial charge in [-0.05, 0) is 13.3 Å². The van der Waals surface area contributed by atoms with Crippen LogP contribution in [0.4, 0.5) is 4.39 Å². The summed E-state index contributed by atoms with van der Waals surface area (Å²) in [6.07, 6.45) is 1.64. The van der Waals surface area contributed by atoms with Gasteiger partial charge in [-0.3, -0.25) is 0 Å². The first-order valence-electron chi connectivity index (χ1n) is 3.87. The fraction of sp³-hybridized carbons (Fsp3) is 0.714. The first-order chi connectivity index (χ1) is 5.29. The molecule has 0 radical (unpaired) electrons. The van der Waals surface area contributed by atoms with Crippen LogP contribution in [0.2, 0.25) is 0 Å². The van der Waals surface area contributed by atoms with Crippen molar-refractivity contribution in [2.24, 2.45) is 0 Å². The van der Waals surface area contributed by atoms with Gasteiger partial charge in [0.1, 0.15) is 0 Å². The van der Waals surface area contributed by atoms with Crippen molar-refractivity contribution in [3.05, 3.63) is 11.6 Å². The van der Waals surface area contributed by atoms with Gasteiger partial charge < -0.3 is 0 Å². The molecule has 0 unspecified atom stereocenters. The van der Waals surface area contributed by atoms with Crippen molar-refractivity contribution in [3.63, 3.8) is 0 Å². The lowest BCUT2D eigenvalue weighted by atomic mass is 10.2. The molecule has 11 heavy (non-hydrogen) atoms. The maximum atomic E-state index is 12.8. The molecule has 0 aliphatic rings. The van der Waals surface area contributed by atoms with Gasteiger partial charge in [-0.25, -0.2) is 4.68 Å². The van der Waals surface area contributed by atoms with Crippen LogP contribution in [0.15, 0.2) is 0 Å². The molecule has 0 atom stereocenters. The Morgan fingerprint density at radius 2 is 2.18 bits per heavy atom. The highest BCUT2D eigenvalue weighted by molar-refractivity contribution is 4.96. The van der Waals surface area contributed by atoms with Gasteiger partial charge in [-0.15, -0.1) is 0 Å². The number of hydrogen-bond acceptors (Lipinski definition) is 2. The van der Waals surface area contributed by atoms with Crippen molar-refractivity contribution in [1.82, 2.24) is 15.0 Å². The molecule has 0 spiro atoms. The lowest BCUT2D eigenvalue weighted by Gasteiger charge is -1.99. The predicted molar refractivity (Wildman–Crippen MR) is 39.6 cm³/mol. The highest BCUT2D eigenvalue weighted by Crippen LogP contribution is 2.05. The summed E-state index contributed by atoms with van der Waals surface area (Å²) in [5.74, 6) is -0.422. The minimum absolute atomic E-state index is 0.422. The molecule has 0 saturated heterocycles. The molecule has 1 heterocycles. The van der Waals surface area contributed by atoms with Gasteiger partial charge in [0.25, 0.3) is 5.95 Å². The normalized spacial score (nSPS) is 10.5. The van der Waals surface area contributed by atoms with Gasteiger partial charge in [-0.2, -0.15) is 4.39 Å². The van der Waals surface area contributed by atoms with Crippen LogP contribution in [-0.2, 0) is 13.0 Å². The van der Waals surface area contributed by atoms with E-state index >= 15 is 0 Å². The third kappa shape index (κ3) is 1.56. The second-order valence-electron chi connectivity index (χ2n) is 2.39. The minimum Gasteiger partial charge on any atom is -0.247 e. The fourth-order valence-electron chi connectivity index (χ4n) is 1.03. The van der Waals surface area contributed by atoms with Crippen LogP contribution in [0.1, 0.15) is 26.0 Å². The van der Waals surface area contributed by atoms with Crippen molar-refractivity contribution in [2.75, 3.05) is 0 Å². The molecule has 3 nitrogen and oxygen atoms in total. The van der Waals surface area contributed by atoms with Crippen LogP contribution < -0.4 is 0 Å². The smallest absolute Gasteiger partial charge is 0.247 e. The van der Waals surface area contributed by atoms with E-state index in [4.69, 9.17) is 0 Å². The zero-order chi connectivity index (χ0) is 8.27. The Bertz CT molecular complexity index is 232. The monoisotopic (exact) mass is 157 g/mol. The van der Waals surface area contributed by atoms with E-state index in [0.717, 1.165) is 6.42 Å². The first-order valence-corrected chi connectivity index (χ1v) is 3.87. The molecular formula is C7H12FN3. The molecule has 0 fully saturated rings. The van der Waals surface area contributed by atoms with Crippen molar-refractivity contribution in [1.29, 1.82) is 0 Å². The molecule has 0 bridgehead atoms. The molecule has 0 N–H and O–H groups in total. The van der Waals surface area contributed by atoms with Gasteiger partial charge in [0.15, 0.2) is 0 Å². The Balaban J connectivity index is 2.88. The van der Waals surface area contributed by atoms with Gasteiger partial charge in [0.05, 0.1) is 5.69 Å². The Morgan fingerprint density at radius 3 is 2.73 bits per heavy atom. The third-order valence-electron chi connectivity index (χ3n) is 1.58. The van der Waals surface area contributed by atoms with Crippen LogP contribution in [0.25, 0.3) is 0 Å². The molecule has 4 heteroatoms. The summed E-state index contributed by atoms with van der Waals surface area (Å²) in [5.41, 5.74) is 0.620. The van der Waals surface area contributed by atoms with Crippen LogP contribution in [0, 0.1) is 5.95 Å². The summed E-state index contributed by atoms with van der Waals surface area (Å²) in [6, 6.07) is 0. The van der Waals surface area contributed by atoms with E-state index in [1.807, 2.05) is 13.8 Å². The Hall–Kier alpha value is -0.930. The quantitative estimate of drug-likeness (QED) is 0.663. The second-order valence-corrected chi connectivity index (χ2v) is 2.39. The Labute approximate surface area is 65.2 Å². The molecular weight excluding hydrogens is 145 g/mol. The van der Waals surface area contributed by atoms with Crippen molar-refractivity contribution in [2.45, 2.75) is 33.2 Å². The van der Waals surface area contributed by atoms with Crippen LogP contribution in [0.5, 0.6) is 0 Å². The molecule has 1 aromatic heterocycles. The van der Waals surface area contributed by atoms with E-state index in [-0.39, 0.29) is 0 Å². The summed E-state index contributed by atoms with van der Waals surface area (Å²) in [7, 11) is 0. The van der Waals surface area contributed by atoms with Crippen molar-refractivity contribution < 1.29 is 4.39 Å². The molecule has 0 aromatic carbocycles. The molecule has 0 saturated carbocycles. The summed E-state index contributed by atoms with van der Waals surface area (Å²) < 4.78 is 14.4. The lowest BCUT2D eigenvalue weighted by molar-refractivity contribution is 0.560. The van der Waals surface area contributed by atoms with Gasteiger partial charge >= 0.3 is 0 Å². The SMILES string of the molecule is CCCc1c(F)nnn1CC. The van der Waals surface area contributed by atoms with E-state index in [2.05, 4.69) is 10.3 Å². The average molecular weight is 157 g/mol. The number of aromatic nitrogens is 3. The molecule has 0 aliphatic heterocycles. The predicted octanol–water partition coefficient (Wildman–Crippen LogP) is 1.39. The number of rotatable bonds is 3. The Kier molecular flexibility index (Phi) is 2.57. The van der Waals surface area contributed by atoms with E-state index in [1.54, 1.807) is 4.68 Å². The second kappa shape index (κ2) is 3.46. The standard InChI is InChI=1S/C7H12FN3/c1-3-5-6-7(8)9-10-11(6)4-2/h3-5H2,1-2H3. The zero-order valence-electron chi connectivity index (χ0n) is 6.84. The molecule has 1 rings (SSSR count). The van der Waals surface area contributed by atoms with E-state index < -0.39 is 5.95 Å². The highest BCUT2D eigenvalue weighted by Gasteiger charge is 2.08. The van der Waals surface area contributed by atoms with Gasteiger partial charge in [-0.1, -0.05) is 23.7 Å². The van der Waals surface area contributed by atoms with Crippen LogP contribution in [0.3, 0.4) is 0 Å². The summed E-state index contributed by atoms with van der Waals surface area (Å²) in [4.78, 5) is 0. The zero-order valence-corrected chi connectivity index (χ0v) is 6.84. The topological polar surface area (TPSA) is 30.7 Å². The van der Waals surface area contributed by atoms with Crippen LogP contribution >= 0.6 is 0 Å². The lowest BCUT2D eigenvalue weighted by Crippen LogP contribution is -2.03. The van der Waals surface area contributed by atoms with E-state index in [0.29, 0.717) is 18.7 Å². The maximum absolute atomic E-state index is 12.8. The number of halogens is 1.